The molecule has 0 saturated heterocycles. The topological polar surface area (TPSA) is 125 Å². The Kier molecular flexibility index (Phi) is 6.83. The number of hydrogen-bond acceptors (Lipinski definition) is 6. The fourth-order valence-corrected chi connectivity index (χ4v) is 4.48. The van der Waals surface area contributed by atoms with Crippen molar-refractivity contribution in [2.24, 2.45) is 0 Å². The zero-order valence-electron chi connectivity index (χ0n) is 17.9. The number of anilines is 1. The van der Waals surface area contributed by atoms with Gasteiger partial charge in [0.15, 0.2) is 0 Å². The summed E-state index contributed by atoms with van der Waals surface area (Å²) in [4.78, 5) is 38.0. The van der Waals surface area contributed by atoms with Gasteiger partial charge < -0.3 is 20.3 Å². The zero-order chi connectivity index (χ0) is 23.4. The van der Waals surface area contributed by atoms with Crippen LogP contribution in [-0.2, 0) is 20.4 Å². The van der Waals surface area contributed by atoms with Crippen molar-refractivity contribution in [3.8, 4) is 0 Å². The van der Waals surface area contributed by atoms with Gasteiger partial charge in [0.2, 0.25) is 0 Å². The van der Waals surface area contributed by atoms with Gasteiger partial charge in [-0.1, -0.05) is 37.6 Å². The van der Waals surface area contributed by atoms with E-state index in [0.29, 0.717) is 29.6 Å². The highest BCUT2D eigenvalue weighted by atomic mass is 32.2. The lowest BCUT2D eigenvalue weighted by Crippen LogP contribution is -2.54. The van der Waals surface area contributed by atoms with Crippen LogP contribution < -0.4 is 20.3 Å². The number of sulfonamides is 1. The molecular formula is C22H26N4O5S. The second-order valence-corrected chi connectivity index (χ2v) is 9.30. The second-order valence-electron chi connectivity index (χ2n) is 7.62. The summed E-state index contributed by atoms with van der Waals surface area (Å²) in [6.45, 7) is 4.03. The number of aldehydes is 1. The summed E-state index contributed by atoms with van der Waals surface area (Å²) < 4.78 is 27.5. The predicted octanol–water partition coefficient (Wildman–Crippen LogP) is 2.10. The van der Waals surface area contributed by atoms with E-state index in [1.54, 1.807) is 42.2 Å². The molecule has 2 aromatic rings. The van der Waals surface area contributed by atoms with E-state index in [9.17, 15) is 22.8 Å². The molecule has 1 aliphatic heterocycles. The molecule has 0 spiro atoms. The highest BCUT2D eigenvalue weighted by molar-refractivity contribution is 7.90. The van der Waals surface area contributed by atoms with E-state index in [4.69, 9.17) is 0 Å². The van der Waals surface area contributed by atoms with Crippen LogP contribution in [0.1, 0.15) is 42.6 Å². The van der Waals surface area contributed by atoms with Crippen molar-refractivity contribution in [2.75, 3.05) is 18.1 Å². The smallest absolute Gasteiger partial charge is 0.328 e. The molecule has 170 valence electrons. The lowest BCUT2D eigenvalue weighted by molar-refractivity contribution is -0.112. The molecule has 3 N–H and O–H groups in total. The molecule has 2 aromatic carbocycles. The van der Waals surface area contributed by atoms with Gasteiger partial charge in [-0.05, 0) is 43.2 Å². The van der Waals surface area contributed by atoms with Gasteiger partial charge in [-0.3, -0.25) is 4.79 Å². The van der Waals surface area contributed by atoms with Crippen LogP contribution >= 0.6 is 0 Å². The second kappa shape index (κ2) is 9.39. The standard InChI is InChI=1S/C22H26N4O5S/c1-3-4-12-23-21(29)25-32(30,31)17-9-7-8-16(13-17)22(2,14-27)26-15-24-20(28)18-10-5-6-11-19(18)26/h5-11,13-14H,3-4,12,15H2,1-2H3,(H,24,28)(H2,23,25,29). The summed E-state index contributed by atoms with van der Waals surface area (Å²) in [6, 6.07) is 11.9. The van der Waals surface area contributed by atoms with E-state index in [1.165, 1.54) is 18.2 Å². The normalized spacial score (nSPS) is 15.2. The molecule has 1 aliphatic rings. The molecule has 1 atom stereocenters. The van der Waals surface area contributed by atoms with Gasteiger partial charge in [-0.15, -0.1) is 0 Å². The highest BCUT2D eigenvalue weighted by Gasteiger charge is 2.38. The molecule has 32 heavy (non-hydrogen) atoms. The van der Waals surface area contributed by atoms with Crippen molar-refractivity contribution in [3.63, 3.8) is 0 Å². The molecule has 0 radical (unpaired) electrons. The van der Waals surface area contributed by atoms with Crippen LogP contribution in [0.5, 0.6) is 0 Å². The molecule has 0 aliphatic carbocycles. The number of fused-ring (bicyclic) bond motifs is 1. The Hall–Kier alpha value is -3.40. The number of nitrogens with one attached hydrogen (secondary N) is 3. The number of carbonyl (C=O) groups is 3. The van der Waals surface area contributed by atoms with E-state index in [0.717, 1.165) is 12.8 Å². The van der Waals surface area contributed by atoms with Crippen LogP contribution in [-0.4, -0.2) is 39.9 Å². The molecular weight excluding hydrogens is 432 g/mol. The Morgan fingerprint density at radius 3 is 2.69 bits per heavy atom. The number of benzene rings is 2. The summed E-state index contributed by atoms with van der Waals surface area (Å²) in [5.41, 5.74) is 0.0971. The van der Waals surface area contributed by atoms with Crippen LogP contribution in [0.2, 0.25) is 0 Å². The summed E-state index contributed by atoms with van der Waals surface area (Å²) in [5, 5.41) is 5.24. The third-order valence-electron chi connectivity index (χ3n) is 5.40. The van der Waals surface area contributed by atoms with Gasteiger partial charge in [-0.25, -0.2) is 17.9 Å². The number of hydrogen-bond donors (Lipinski definition) is 3. The Bertz CT molecular complexity index is 1130. The Morgan fingerprint density at radius 2 is 1.97 bits per heavy atom. The maximum atomic E-state index is 12.7. The maximum Gasteiger partial charge on any atom is 0.328 e. The van der Waals surface area contributed by atoms with E-state index in [1.807, 2.05) is 11.6 Å². The molecule has 3 amide bonds. The number of amides is 3. The predicted molar refractivity (Wildman–Crippen MR) is 120 cm³/mol. The maximum absolute atomic E-state index is 12.7. The minimum atomic E-state index is -4.15. The van der Waals surface area contributed by atoms with Crippen molar-refractivity contribution in [3.05, 3.63) is 59.7 Å². The fourth-order valence-electron chi connectivity index (χ4n) is 3.51. The molecule has 0 fully saturated rings. The first-order chi connectivity index (χ1) is 15.2. The molecule has 0 saturated carbocycles. The van der Waals surface area contributed by atoms with Crippen LogP contribution in [0.25, 0.3) is 0 Å². The lowest BCUT2D eigenvalue weighted by atomic mass is 9.90. The quantitative estimate of drug-likeness (QED) is 0.411. The van der Waals surface area contributed by atoms with Gasteiger partial charge in [0.1, 0.15) is 11.8 Å². The van der Waals surface area contributed by atoms with E-state index < -0.39 is 21.6 Å². The summed E-state index contributed by atoms with van der Waals surface area (Å²) in [6.07, 6.45) is 2.30. The Morgan fingerprint density at radius 1 is 1.22 bits per heavy atom. The Labute approximate surface area is 187 Å². The third kappa shape index (κ3) is 4.59. The highest BCUT2D eigenvalue weighted by Crippen LogP contribution is 2.35. The summed E-state index contributed by atoms with van der Waals surface area (Å²) in [5.74, 6) is -0.250. The van der Waals surface area contributed by atoms with Crippen molar-refractivity contribution < 1.29 is 22.8 Å². The first-order valence-electron chi connectivity index (χ1n) is 10.3. The van der Waals surface area contributed by atoms with Gasteiger partial charge in [0.25, 0.3) is 15.9 Å². The van der Waals surface area contributed by atoms with Gasteiger partial charge in [-0.2, -0.15) is 0 Å². The molecule has 9 nitrogen and oxygen atoms in total. The van der Waals surface area contributed by atoms with Crippen LogP contribution in [0.4, 0.5) is 10.5 Å². The SMILES string of the molecule is CCCCNC(=O)NS(=O)(=O)c1cccc(C(C)(C=O)N2CNC(=O)c3ccccc32)c1. The number of unbranched alkanes of at least 4 members (excludes halogenated alkanes) is 1. The lowest BCUT2D eigenvalue weighted by Gasteiger charge is -2.42. The molecule has 0 bridgehead atoms. The first kappa shape index (κ1) is 23.3. The molecule has 1 heterocycles. The first-order valence-corrected chi connectivity index (χ1v) is 11.7. The van der Waals surface area contributed by atoms with Gasteiger partial charge in [0.05, 0.1) is 22.8 Å². The summed E-state index contributed by atoms with van der Waals surface area (Å²) in [7, 11) is -4.15. The molecule has 1 unspecified atom stereocenters. The van der Waals surface area contributed by atoms with Crippen molar-refractivity contribution in [2.45, 2.75) is 37.1 Å². The van der Waals surface area contributed by atoms with E-state index in [-0.39, 0.29) is 17.5 Å². The monoisotopic (exact) mass is 458 g/mol. The number of rotatable bonds is 8. The molecule has 0 aromatic heterocycles. The Balaban J connectivity index is 1.94. The zero-order valence-corrected chi connectivity index (χ0v) is 18.7. The van der Waals surface area contributed by atoms with Crippen molar-refractivity contribution in [1.29, 1.82) is 0 Å². The number of urea groups is 1. The van der Waals surface area contributed by atoms with Crippen molar-refractivity contribution in [1.82, 2.24) is 15.4 Å². The van der Waals surface area contributed by atoms with Crippen LogP contribution in [0.3, 0.4) is 0 Å². The minimum absolute atomic E-state index is 0.0696. The van der Waals surface area contributed by atoms with Crippen molar-refractivity contribution >= 4 is 33.9 Å². The number of nitrogens with zero attached hydrogens (tertiary/aromatic N) is 1. The van der Waals surface area contributed by atoms with E-state index >= 15 is 0 Å². The largest absolute Gasteiger partial charge is 0.337 e. The summed E-state index contributed by atoms with van der Waals surface area (Å²) >= 11 is 0. The van der Waals surface area contributed by atoms with Crippen LogP contribution in [0.15, 0.2) is 53.4 Å². The van der Waals surface area contributed by atoms with Gasteiger partial charge >= 0.3 is 6.03 Å². The molecule has 3 rings (SSSR count). The third-order valence-corrected chi connectivity index (χ3v) is 6.73. The minimum Gasteiger partial charge on any atom is -0.337 e. The average Bonchev–Trinajstić information content (AvgIpc) is 2.79. The molecule has 10 heteroatoms. The number of carbonyl (C=O) groups excluding carboxylic acids is 3. The fraction of sp³-hybridized carbons (Fsp3) is 0.318. The van der Waals surface area contributed by atoms with Crippen LogP contribution in [0, 0.1) is 0 Å². The van der Waals surface area contributed by atoms with E-state index in [2.05, 4.69) is 10.6 Å². The van der Waals surface area contributed by atoms with Gasteiger partial charge in [0, 0.05) is 6.54 Å². The number of para-hydroxylation sites is 1. The average molecular weight is 459 g/mol.